The first-order valence-electron chi connectivity index (χ1n) is 11.8. The molecule has 0 aliphatic carbocycles. The van der Waals surface area contributed by atoms with Crippen LogP contribution in [0.5, 0.6) is 0 Å². The Morgan fingerprint density at radius 3 is 1.24 bits per heavy atom. The van der Waals surface area contributed by atoms with Crippen molar-refractivity contribution in [2.45, 2.75) is 106 Å². The van der Waals surface area contributed by atoms with Gasteiger partial charge in [0, 0.05) is 6.54 Å². The van der Waals surface area contributed by atoms with Gasteiger partial charge in [-0.25, -0.2) is 8.42 Å². The molecule has 21 heteroatoms. The van der Waals surface area contributed by atoms with Gasteiger partial charge in [0.15, 0.2) is 0 Å². The Hall–Kier alpha value is -1.54. The van der Waals surface area contributed by atoms with Crippen LogP contribution >= 0.6 is 0 Å². The topological polar surface area (TPSA) is 37.4 Å². The van der Waals surface area contributed by atoms with E-state index in [0.29, 0.717) is 12.8 Å². The highest BCUT2D eigenvalue weighted by Gasteiger charge is 2.95. The van der Waals surface area contributed by atoms with Gasteiger partial charge in [-0.3, -0.25) is 0 Å². The SMILES string of the molecule is C=CCN(C(F)(F)C(F)(F)C(F)(F)C(F)(F)C(F)(F)C(F)(F)C(F)(F)C(F)(F)F)S(=O)(=O)CCCCCCCCCC. The van der Waals surface area contributed by atoms with Crippen molar-refractivity contribution in [2.24, 2.45) is 0 Å². The molecule has 0 aromatic heterocycles. The molecule has 252 valence electrons. The predicted molar refractivity (Wildman–Crippen MR) is 114 cm³/mol. The molecule has 0 amide bonds. The van der Waals surface area contributed by atoms with Gasteiger partial charge in [-0.15, -0.1) is 10.9 Å². The average Bonchev–Trinajstić information content (AvgIpc) is 2.82. The number of sulfonamides is 1. The van der Waals surface area contributed by atoms with Crippen molar-refractivity contribution in [2.75, 3.05) is 12.3 Å². The molecular weight excluding hydrogens is 653 g/mol. The maximum absolute atomic E-state index is 14.6. The highest BCUT2D eigenvalue weighted by atomic mass is 32.2. The van der Waals surface area contributed by atoms with Crippen molar-refractivity contribution in [1.82, 2.24) is 4.31 Å². The zero-order chi connectivity index (χ0) is 33.9. The maximum Gasteiger partial charge on any atom is 0.460 e. The van der Waals surface area contributed by atoms with E-state index in [0.717, 1.165) is 19.3 Å². The second-order valence-corrected chi connectivity index (χ2v) is 11.1. The Bertz CT molecular complexity index is 993. The summed E-state index contributed by atoms with van der Waals surface area (Å²) < 4.78 is 253. The molecule has 0 N–H and O–H groups in total. The zero-order valence-electron chi connectivity index (χ0n) is 21.5. The number of alkyl halides is 17. The van der Waals surface area contributed by atoms with E-state index in [9.17, 15) is 83.1 Å². The molecule has 0 fully saturated rings. The lowest BCUT2D eigenvalue weighted by atomic mass is 9.90. The number of halogens is 17. The molecule has 0 bridgehead atoms. The third-order valence-corrected chi connectivity index (χ3v) is 7.76. The molecule has 0 saturated carbocycles. The van der Waals surface area contributed by atoms with Crippen molar-refractivity contribution in [3.05, 3.63) is 12.7 Å². The minimum atomic E-state index is -8.79. The van der Waals surface area contributed by atoms with Crippen molar-refractivity contribution in [3.8, 4) is 0 Å². The number of hydrogen-bond acceptors (Lipinski definition) is 2. The first-order valence-corrected chi connectivity index (χ1v) is 13.4. The van der Waals surface area contributed by atoms with Gasteiger partial charge in [0.2, 0.25) is 10.0 Å². The summed E-state index contributed by atoms with van der Waals surface area (Å²) in [6, 6.07) is -7.19. The summed E-state index contributed by atoms with van der Waals surface area (Å²) >= 11 is 0. The molecule has 0 aromatic carbocycles. The molecule has 0 aliphatic rings. The summed E-state index contributed by atoms with van der Waals surface area (Å²) in [7, 11) is -5.89. The molecule has 0 aromatic rings. The van der Waals surface area contributed by atoms with Crippen LogP contribution in [0.25, 0.3) is 0 Å². The third kappa shape index (κ3) is 7.06. The Balaban J connectivity index is 6.46. The summed E-state index contributed by atoms with van der Waals surface area (Å²) in [6.45, 7) is 2.47. The van der Waals surface area contributed by atoms with Crippen LogP contribution in [0.2, 0.25) is 0 Å². The van der Waals surface area contributed by atoms with Crippen LogP contribution in [0.4, 0.5) is 74.6 Å². The Morgan fingerprint density at radius 1 is 0.548 bits per heavy atom. The van der Waals surface area contributed by atoms with E-state index in [4.69, 9.17) is 0 Å². The maximum atomic E-state index is 14.6. The van der Waals surface area contributed by atoms with Gasteiger partial charge in [-0.1, -0.05) is 57.9 Å². The molecule has 0 radical (unpaired) electrons. The van der Waals surface area contributed by atoms with E-state index in [2.05, 4.69) is 6.58 Å². The lowest BCUT2D eigenvalue weighted by molar-refractivity contribution is -0.465. The van der Waals surface area contributed by atoms with Crippen LogP contribution in [0.1, 0.15) is 58.3 Å². The van der Waals surface area contributed by atoms with Gasteiger partial charge in [0.25, 0.3) is 0 Å². The molecule has 0 unspecified atom stereocenters. The van der Waals surface area contributed by atoms with E-state index in [1.807, 2.05) is 6.92 Å². The van der Waals surface area contributed by atoms with Gasteiger partial charge in [0.1, 0.15) is 0 Å². The number of hydrogen-bond donors (Lipinski definition) is 0. The molecule has 0 saturated heterocycles. The quantitative estimate of drug-likeness (QED) is 0.0592. The smallest absolute Gasteiger partial charge is 0.212 e. The Morgan fingerprint density at radius 2 is 0.881 bits per heavy atom. The van der Waals surface area contributed by atoms with E-state index < -0.39 is 80.8 Å². The van der Waals surface area contributed by atoms with E-state index in [1.165, 1.54) is 0 Å². The summed E-state index contributed by atoms with van der Waals surface area (Å²) in [5.74, 6) is -52.7. The van der Waals surface area contributed by atoms with Crippen LogP contribution in [0, 0.1) is 0 Å². The minimum absolute atomic E-state index is 0.0260. The van der Waals surface area contributed by atoms with Crippen LogP contribution in [-0.2, 0) is 10.0 Å². The molecule has 0 aliphatic heterocycles. The lowest BCUT2D eigenvalue weighted by Crippen LogP contribution is -2.76. The van der Waals surface area contributed by atoms with Crippen molar-refractivity contribution in [1.29, 1.82) is 0 Å². The van der Waals surface area contributed by atoms with E-state index in [1.54, 1.807) is 0 Å². The van der Waals surface area contributed by atoms with Crippen LogP contribution in [-0.4, -0.2) is 72.8 Å². The second kappa shape index (κ2) is 13.2. The second-order valence-electron chi connectivity index (χ2n) is 9.10. The lowest BCUT2D eigenvalue weighted by Gasteiger charge is -2.44. The van der Waals surface area contributed by atoms with E-state index in [-0.39, 0.29) is 18.9 Å². The van der Waals surface area contributed by atoms with Crippen molar-refractivity contribution >= 4 is 10.0 Å². The number of nitrogens with zero attached hydrogens (tertiary/aromatic N) is 1. The van der Waals surface area contributed by atoms with E-state index >= 15 is 0 Å². The Labute approximate surface area is 229 Å². The van der Waals surface area contributed by atoms with Crippen LogP contribution < -0.4 is 0 Å². The van der Waals surface area contributed by atoms with Crippen LogP contribution in [0.3, 0.4) is 0 Å². The van der Waals surface area contributed by atoms with Gasteiger partial charge >= 0.3 is 47.8 Å². The third-order valence-electron chi connectivity index (χ3n) is 5.91. The number of rotatable bonds is 19. The fourth-order valence-corrected chi connectivity index (χ4v) is 4.95. The first-order chi connectivity index (χ1) is 18.5. The summed E-state index contributed by atoms with van der Waals surface area (Å²) in [5.41, 5.74) is 0. The summed E-state index contributed by atoms with van der Waals surface area (Å²) in [5, 5.41) is 0. The van der Waals surface area contributed by atoms with Crippen molar-refractivity contribution in [3.63, 3.8) is 0 Å². The van der Waals surface area contributed by atoms with Gasteiger partial charge in [-0.2, -0.15) is 74.6 Å². The molecule has 0 heterocycles. The van der Waals surface area contributed by atoms with Gasteiger partial charge < -0.3 is 0 Å². The Kier molecular flexibility index (Phi) is 12.7. The first kappa shape index (κ1) is 40.5. The monoisotopic (exact) mass is 679 g/mol. The van der Waals surface area contributed by atoms with Crippen LogP contribution in [0.15, 0.2) is 12.7 Å². The van der Waals surface area contributed by atoms with Gasteiger partial charge in [-0.05, 0) is 6.42 Å². The van der Waals surface area contributed by atoms with Gasteiger partial charge in [0.05, 0.1) is 5.75 Å². The molecule has 0 spiro atoms. The standard InChI is InChI=1S/C21H26F17NO2S/c1-3-5-6-7-8-9-10-11-13-42(40,41)39(12-4-2)21(37,38)19(32,33)17(28,29)15(24,25)14(22,23)16(26,27)18(30,31)20(34,35)36/h4H,2-3,5-13H2,1H3. The molecular formula is C21H26F17NO2S. The largest absolute Gasteiger partial charge is 0.460 e. The molecule has 3 nitrogen and oxygen atoms in total. The highest BCUT2D eigenvalue weighted by Crippen LogP contribution is 2.64. The minimum Gasteiger partial charge on any atom is -0.212 e. The predicted octanol–water partition coefficient (Wildman–Crippen LogP) is 8.91. The number of unbranched alkanes of at least 4 members (excludes halogenated alkanes) is 7. The highest BCUT2D eigenvalue weighted by molar-refractivity contribution is 7.89. The molecule has 0 rings (SSSR count). The zero-order valence-corrected chi connectivity index (χ0v) is 22.3. The summed E-state index contributed by atoms with van der Waals surface area (Å²) in [6.07, 6.45) is -4.58. The average molecular weight is 679 g/mol. The molecule has 0 atom stereocenters. The molecule has 42 heavy (non-hydrogen) atoms. The fraction of sp³-hybridized carbons (Fsp3) is 0.905. The normalized spacial score (nSPS) is 15.4. The summed E-state index contributed by atoms with van der Waals surface area (Å²) in [4.78, 5) is 0. The fourth-order valence-electron chi connectivity index (χ4n) is 3.36. The van der Waals surface area contributed by atoms with Crippen molar-refractivity contribution < 1.29 is 83.1 Å².